The minimum atomic E-state index is -0.487. The van der Waals surface area contributed by atoms with E-state index in [0.717, 1.165) is 24.9 Å². The van der Waals surface area contributed by atoms with E-state index in [-0.39, 0.29) is 12.5 Å². The lowest BCUT2D eigenvalue weighted by atomic mass is 9.99. The smallest absolute Gasteiger partial charge is 0.248 e. The molecule has 0 unspecified atom stereocenters. The van der Waals surface area contributed by atoms with Crippen molar-refractivity contribution in [1.82, 2.24) is 9.78 Å². The molecular weight excluding hydrogens is 318 g/mol. The second-order valence-corrected chi connectivity index (χ2v) is 6.13. The molecular formula is C18H21N5O2. The molecule has 0 saturated heterocycles. The first-order valence-corrected chi connectivity index (χ1v) is 8.15. The minimum absolute atomic E-state index is 0.0186. The van der Waals surface area contributed by atoms with Crippen molar-refractivity contribution in [2.75, 3.05) is 23.8 Å². The third-order valence-corrected chi connectivity index (χ3v) is 4.10. The summed E-state index contributed by atoms with van der Waals surface area (Å²) in [7, 11) is 2.10. The van der Waals surface area contributed by atoms with Crippen LogP contribution in [0.4, 0.5) is 11.4 Å². The number of carbonyl (C=O) groups excluding carboxylic acids is 2. The highest BCUT2D eigenvalue weighted by atomic mass is 16.2. The summed E-state index contributed by atoms with van der Waals surface area (Å²) >= 11 is 0. The van der Waals surface area contributed by atoms with Crippen molar-refractivity contribution in [3.05, 3.63) is 47.8 Å². The number of benzene rings is 1. The van der Waals surface area contributed by atoms with Gasteiger partial charge in [-0.05, 0) is 42.2 Å². The Morgan fingerprint density at radius 3 is 3.04 bits per heavy atom. The Hall–Kier alpha value is -3.09. The van der Waals surface area contributed by atoms with E-state index in [4.69, 9.17) is 5.73 Å². The lowest BCUT2D eigenvalue weighted by Crippen LogP contribution is -2.24. The molecule has 1 aromatic carbocycles. The quantitative estimate of drug-likeness (QED) is 0.805. The zero-order valence-electron chi connectivity index (χ0n) is 14.1. The molecule has 0 spiro atoms. The number of anilines is 2. The molecule has 1 aromatic heterocycles. The van der Waals surface area contributed by atoms with Crippen LogP contribution in [0.3, 0.4) is 0 Å². The average Bonchev–Trinajstić information content (AvgIpc) is 2.99. The molecule has 0 radical (unpaired) electrons. The standard InChI is InChI=1S/C18H21N5O2/c1-22-8-2-3-14-9-13(4-6-16(14)22)5-7-18(25)21-15-10-20-23(11-15)12-17(19)24/h4-7,9-11H,2-3,8,12H2,1H3,(H2,19,24)(H,21,25)/b7-5-. The number of nitrogens with zero attached hydrogens (tertiary/aromatic N) is 3. The second-order valence-electron chi connectivity index (χ2n) is 6.13. The van der Waals surface area contributed by atoms with E-state index in [1.54, 1.807) is 12.3 Å². The van der Waals surface area contributed by atoms with Crippen molar-refractivity contribution >= 4 is 29.3 Å². The summed E-state index contributed by atoms with van der Waals surface area (Å²) in [6, 6.07) is 6.23. The molecule has 0 fully saturated rings. The van der Waals surface area contributed by atoms with Gasteiger partial charge in [0.25, 0.3) is 0 Å². The highest BCUT2D eigenvalue weighted by molar-refractivity contribution is 6.01. The first-order valence-electron chi connectivity index (χ1n) is 8.15. The number of hydrogen-bond acceptors (Lipinski definition) is 4. The number of aryl methyl sites for hydroxylation is 1. The summed E-state index contributed by atoms with van der Waals surface area (Å²) < 4.78 is 1.38. The monoisotopic (exact) mass is 339 g/mol. The first-order chi connectivity index (χ1) is 12.0. The molecule has 2 aromatic rings. The maximum atomic E-state index is 12.0. The molecule has 25 heavy (non-hydrogen) atoms. The predicted molar refractivity (Wildman–Crippen MR) is 97.1 cm³/mol. The molecule has 7 nitrogen and oxygen atoms in total. The van der Waals surface area contributed by atoms with Crippen LogP contribution in [0.1, 0.15) is 17.5 Å². The van der Waals surface area contributed by atoms with Gasteiger partial charge in [0.2, 0.25) is 11.8 Å². The summed E-state index contributed by atoms with van der Waals surface area (Å²) in [6.07, 6.45) is 8.52. The van der Waals surface area contributed by atoms with Gasteiger partial charge in [0.1, 0.15) is 6.54 Å². The molecule has 2 amide bonds. The Bertz CT molecular complexity index is 825. The number of nitrogens with two attached hydrogens (primary N) is 1. The van der Waals surface area contributed by atoms with Crippen LogP contribution in [0.25, 0.3) is 6.08 Å². The van der Waals surface area contributed by atoms with Crippen LogP contribution in [-0.2, 0) is 22.6 Å². The lowest BCUT2D eigenvalue weighted by Gasteiger charge is -2.27. The molecule has 0 bridgehead atoms. The Morgan fingerprint density at radius 2 is 2.24 bits per heavy atom. The highest BCUT2D eigenvalue weighted by Crippen LogP contribution is 2.27. The largest absolute Gasteiger partial charge is 0.374 e. The number of amides is 2. The van der Waals surface area contributed by atoms with Gasteiger partial charge in [0.05, 0.1) is 11.9 Å². The topological polar surface area (TPSA) is 93.2 Å². The number of nitrogens with one attached hydrogen (secondary N) is 1. The molecule has 3 N–H and O–H groups in total. The van der Waals surface area contributed by atoms with Crippen molar-refractivity contribution in [1.29, 1.82) is 0 Å². The van der Waals surface area contributed by atoms with E-state index in [2.05, 4.69) is 34.5 Å². The summed E-state index contributed by atoms with van der Waals surface area (Å²) in [4.78, 5) is 25.1. The molecule has 7 heteroatoms. The van der Waals surface area contributed by atoms with Gasteiger partial charge in [-0.15, -0.1) is 0 Å². The second kappa shape index (κ2) is 7.21. The number of rotatable bonds is 5. The Kier molecular flexibility index (Phi) is 4.83. The fourth-order valence-electron chi connectivity index (χ4n) is 2.94. The fourth-order valence-corrected chi connectivity index (χ4v) is 2.94. The third kappa shape index (κ3) is 4.26. The lowest BCUT2D eigenvalue weighted by molar-refractivity contribution is -0.118. The van der Waals surface area contributed by atoms with Crippen LogP contribution in [0.5, 0.6) is 0 Å². The molecule has 1 aliphatic heterocycles. The van der Waals surface area contributed by atoms with Gasteiger partial charge in [0, 0.05) is 31.6 Å². The number of carbonyl (C=O) groups is 2. The highest BCUT2D eigenvalue weighted by Gasteiger charge is 2.13. The summed E-state index contributed by atoms with van der Waals surface area (Å²) in [5.41, 5.74) is 9.18. The van der Waals surface area contributed by atoms with Gasteiger partial charge < -0.3 is 16.0 Å². The number of fused-ring (bicyclic) bond motifs is 1. The molecule has 1 aliphatic rings. The van der Waals surface area contributed by atoms with Crippen LogP contribution in [-0.4, -0.2) is 35.2 Å². The fraction of sp³-hybridized carbons (Fsp3) is 0.278. The van der Waals surface area contributed by atoms with Gasteiger partial charge in [0.15, 0.2) is 0 Å². The van der Waals surface area contributed by atoms with Crippen molar-refractivity contribution in [3.63, 3.8) is 0 Å². The van der Waals surface area contributed by atoms with E-state index >= 15 is 0 Å². The summed E-state index contributed by atoms with van der Waals surface area (Å²) in [5, 5.41) is 6.66. The van der Waals surface area contributed by atoms with E-state index < -0.39 is 5.91 Å². The molecule has 0 atom stereocenters. The van der Waals surface area contributed by atoms with Crippen LogP contribution in [0.15, 0.2) is 36.7 Å². The Balaban J connectivity index is 1.62. The maximum absolute atomic E-state index is 12.0. The number of primary amides is 1. The van der Waals surface area contributed by atoms with E-state index in [1.165, 1.54) is 28.2 Å². The Labute approximate surface area is 146 Å². The van der Waals surface area contributed by atoms with Crippen molar-refractivity contribution in [2.24, 2.45) is 5.73 Å². The molecule has 2 heterocycles. The summed E-state index contributed by atoms with van der Waals surface area (Å²) in [6.45, 7) is 1.06. The Morgan fingerprint density at radius 1 is 1.40 bits per heavy atom. The van der Waals surface area contributed by atoms with Crippen molar-refractivity contribution < 1.29 is 9.59 Å². The average molecular weight is 339 g/mol. The normalized spacial score (nSPS) is 13.7. The number of hydrogen-bond donors (Lipinski definition) is 2. The van der Waals surface area contributed by atoms with E-state index in [9.17, 15) is 9.59 Å². The van der Waals surface area contributed by atoms with Gasteiger partial charge >= 0.3 is 0 Å². The van der Waals surface area contributed by atoms with Gasteiger partial charge in [-0.25, -0.2) is 0 Å². The van der Waals surface area contributed by atoms with Crippen LogP contribution < -0.4 is 16.0 Å². The van der Waals surface area contributed by atoms with Crippen molar-refractivity contribution in [3.8, 4) is 0 Å². The van der Waals surface area contributed by atoms with Crippen LogP contribution in [0, 0.1) is 0 Å². The summed E-state index contributed by atoms with van der Waals surface area (Å²) in [5.74, 6) is -0.743. The molecule has 0 saturated carbocycles. The van der Waals surface area contributed by atoms with Crippen molar-refractivity contribution in [2.45, 2.75) is 19.4 Å². The van der Waals surface area contributed by atoms with E-state index in [1.807, 2.05) is 6.07 Å². The van der Waals surface area contributed by atoms with Gasteiger partial charge in [-0.3, -0.25) is 14.3 Å². The zero-order valence-corrected chi connectivity index (χ0v) is 14.1. The number of aromatic nitrogens is 2. The van der Waals surface area contributed by atoms with Gasteiger partial charge in [-0.2, -0.15) is 5.10 Å². The van der Waals surface area contributed by atoms with E-state index in [0.29, 0.717) is 5.69 Å². The zero-order chi connectivity index (χ0) is 17.8. The third-order valence-electron chi connectivity index (χ3n) is 4.10. The van der Waals surface area contributed by atoms with Crippen LogP contribution >= 0.6 is 0 Å². The minimum Gasteiger partial charge on any atom is -0.374 e. The molecule has 0 aliphatic carbocycles. The molecule has 130 valence electrons. The maximum Gasteiger partial charge on any atom is 0.248 e. The van der Waals surface area contributed by atoms with Gasteiger partial charge in [-0.1, -0.05) is 6.07 Å². The van der Waals surface area contributed by atoms with Crippen LogP contribution in [0.2, 0.25) is 0 Å². The SMILES string of the molecule is CN1CCCc2cc(/C=C\C(=O)Nc3cnn(CC(N)=O)c3)ccc21. The predicted octanol–water partition coefficient (Wildman–Crippen LogP) is 1.40. The molecule has 3 rings (SSSR count). The first kappa shape index (κ1) is 16.8.